The molecule has 0 fully saturated rings. The number of nitrogens with two attached hydrogens (primary N) is 1. The molecule has 84 valence electrons. The molecule has 5 nitrogen and oxygen atoms in total. The minimum absolute atomic E-state index is 0.0317. The van der Waals surface area contributed by atoms with Crippen molar-refractivity contribution in [3.63, 3.8) is 0 Å². The quantitative estimate of drug-likeness (QED) is 0.558. The van der Waals surface area contributed by atoms with Crippen LogP contribution in [0.3, 0.4) is 0 Å². The van der Waals surface area contributed by atoms with Gasteiger partial charge in [0.2, 0.25) is 0 Å². The Labute approximate surface area is 89.6 Å². The first-order valence-corrected chi connectivity index (χ1v) is 6.54. The molecule has 1 unspecified atom stereocenters. The van der Waals surface area contributed by atoms with E-state index in [-0.39, 0.29) is 5.75 Å². The third kappa shape index (κ3) is 3.58. The summed E-state index contributed by atoms with van der Waals surface area (Å²) in [7, 11) is -3.07. The lowest BCUT2D eigenvalue weighted by molar-refractivity contribution is 0.562. The van der Waals surface area contributed by atoms with Gasteiger partial charge in [-0.2, -0.15) is 0 Å². The summed E-state index contributed by atoms with van der Waals surface area (Å²) in [6.45, 7) is 1.89. The lowest BCUT2D eigenvalue weighted by atomic mass is 10.1. The van der Waals surface area contributed by atoms with Crippen LogP contribution < -0.4 is 11.3 Å². The molecule has 0 bridgehead atoms. The van der Waals surface area contributed by atoms with Crippen molar-refractivity contribution in [2.75, 3.05) is 12.0 Å². The van der Waals surface area contributed by atoms with Crippen molar-refractivity contribution in [1.29, 1.82) is 0 Å². The molecule has 0 aliphatic carbocycles. The second-order valence-corrected chi connectivity index (χ2v) is 5.73. The lowest BCUT2D eigenvalue weighted by Crippen LogP contribution is -2.33. The first kappa shape index (κ1) is 12.1. The van der Waals surface area contributed by atoms with Crippen molar-refractivity contribution in [2.45, 2.75) is 13.0 Å². The minimum Gasteiger partial charge on any atom is -0.271 e. The number of hydrazine groups is 1. The molecule has 0 aliphatic heterocycles. The zero-order chi connectivity index (χ0) is 11.5. The van der Waals surface area contributed by atoms with Gasteiger partial charge in [0, 0.05) is 18.6 Å². The molecule has 3 N–H and O–H groups in total. The summed E-state index contributed by atoms with van der Waals surface area (Å²) >= 11 is 0. The standard InChI is InChI=1S/C9H15N3O2S/c1-7-3-4-11-5-8(7)9(12-10)6-15(2,13)14/h3-5,9,12H,6,10H2,1-2H3. The van der Waals surface area contributed by atoms with Crippen LogP contribution in [0.25, 0.3) is 0 Å². The Hall–Kier alpha value is -0.980. The first-order chi connectivity index (χ1) is 6.94. The van der Waals surface area contributed by atoms with Crippen LogP contribution in [0.15, 0.2) is 18.5 Å². The van der Waals surface area contributed by atoms with Gasteiger partial charge in [-0.25, -0.2) is 8.42 Å². The highest BCUT2D eigenvalue weighted by Crippen LogP contribution is 2.16. The van der Waals surface area contributed by atoms with E-state index in [1.807, 2.05) is 13.0 Å². The van der Waals surface area contributed by atoms with Gasteiger partial charge < -0.3 is 0 Å². The van der Waals surface area contributed by atoms with Gasteiger partial charge in [-0.05, 0) is 24.1 Å². The Balaban J connectivity index is 2.98. The summed E-state index contributed by atoms with van der Waals surface area (Å²) in [5.41, 5.74) is 4.28. The normalized spacial score (nSPS) is 13.8. The number of pyridine rings is 1. The molecule has 1 aromatic rings. The molecule has 0 aliphatic rings. The smallest absolute Gasteiger partial charge is 0.149 e. The molecule has 0 aromatic carbocycles. The number of hydrogen-bond donors (Lipinski definition) is 2. The fourth-order valence-electron chi connectivity index (χ4n) is 1.37. The van der Waals surface area contributed by atoms with Gasteiger partial charge in [0.15, 0.2) is 0 Å². The van der Waals surface area contributed by atoms with E-state index in [1.165, 1.54) is 6.26 Å². The van der Waals surface area contributed by atoms with E-state index in [4.69, 9.17) is 5.84 Å². The number of aryl methyl sites for hydroxylation is 1. The number of nitrogens with one attached hydrogen (secondary N) is 1. The molecule has 0 saturated carbocycles. The Kier molecular flexibility index (Phi) is 3.78. The van der Waals surface area contributed by atoms with Crippen LogP contribution in [0.5, 0.6) is 0 Å². The lowest BCUT2D eigenvalue weighted by Gasteiger charge is -2.16. The van der Waals surface area contributed by atoms with Crippen LogP contribution in [-0.4, -0.2) is 25.4 Å². The van der Waals surface area contributed by atoms with Crippen LogP contribution >= 0.6 is 0 Å². The number of sulfone groups is 1. The molecule has 0 radical (unpaired) electrons. The zero-order valence-corrected chi connectivity index (χ0v) is 9.58. The molecule has 0 amide bonds. The van der Waals surface area contributed by atoms with Crippen molar-refractivity contribution in [1.82, 2.24) is 10.4 Å². The Morgan fingerprint density at radius 1 is 1.60 bits per heavy atom. The van der Waals surface area contributed by atoms with Crippen LogP contribution in [0.2, 0.25) is 0 Å². The first-order valence-electron chi connectivity index (χ1n) is 4.48. The second kappa shape index (κ2) is 4.69. The Bertz CT molecular complexity index is 431. The van der Waals surface area contributed by atoms with Gasteiger partial charge in [0.1, 0.15) is 9.84 Å². The molecule has 1 heterocycles. The van der Waals surface area contributed by atoms with Gasteiger partial charge in [-0.15, -0.1) is 0 Å². The predicted molar refractivity (Wildman–Crippen MR) is 58.7 cm³/mol. The molecule has 1 rings (SSSR count). The van der Waals surface area contributed by atoms with E-state index in [0.29, 0.717) is 0 Å². The molecular weight excluding hydrogens is 214 g/mol. The molecular formula is C9H15N3O2S. The SMILES string of the molecule is Cc1ccncc1C(CS(C)(=O)=O)NN. The third-order valence-corrected chi connectivity index (χ3v) is 3.06. The maximum Gasteiger partial charge on any atom is 0.149 e. The van der Waals surface area contributed by atoms with E-state index in [1.54, 1.807) is 12.4 Å². The van der Waals surface area contributed by atoms with Crippen LogP contribution in [0.4, 0.5) is 0 Å². The summed E-state index contributed by atoms with van der Waals surface area (Å²) in [5.74, 6) is 5.31. The Morgan fingerprint density at radius 2 is 2.27 bits per heavy atom. The second-order valence-electron chi connectivity index (χ2n) is 3.54. The van der Waals surface area contributed by atoms with Gasteiger partial charge in [0.05, 0.1) is 11.8 Å². The fourth-order valence-corrected chi connectivity index (χ4v) is 2.25. The highest BCUT2D eigenvalue weighted by Gasteiger charge is 2.17. The number of hydrogen-bond acceptors (Lipinski definition) is 5. The van der Waals surface area contributed by atoms with E-state index in [2.05, 4.69) is 10.4 Å². The van der Waals surface area contributed by atoms with E-state index in [0.717, 1.165) is 11.1 Å². The monoisotopic (exact) mass is 229 g/mol. The van der Waals surface area contributed by atoms with Crippen molar-refractivity contribution < 1.29 is 8.42 Å². The summed E-state index contributed by atoms with van der Waals surface area (Å²) in [6.07, 6.45) is 4.47. The third-order valence-electron chi connectivity index (χ3n) is 2.13. The van der Waals surface area contributed by atoms with Crippen molar-refractivity contribution >= 4 is 9.84 Å². The maximum absolute atomic E-state index is 11.2. The molecule has 15 heavy (non-hydrogen) atoms. The van der Waals surface area contributed by atoms with E-state index < -0.39 is 15.9 Å². The highest BCUT2D eigenvalue weighted by atomic mass is 32.2. The van der Waals surface area contributed by atoms with Gasteiger partial charge in [-0.1, -0.05) is 0 Å². The number of rotatable bonds is 4. The summed E-state index contributed by atoms with van der Waals surface area (Å²) in [5, 5.41) is 0. The fraction of sp³-hybridized carbons (Fsp3) is 0.444. The maximum atomic E-state index is 11.2. The van der Waals surface area contributed by atoms with E-state index in [9.17, 15) is 8.42 Å². The molecule has 6 heteroatoms. The largest absolute Gasteiger partial charge is 0.271 e. The molecule has 1 aromatic heterocycles. The van der Waals surface area contributed by atoms with Crippen molar-refractivity contribution in [3.8, 4) is 0 Å². The summed E-state index contributed by atoms with van der Waals surface area (Å²) < 4.78 is 22.3. The van der Waals surface area contributed by atoms with Gasteiger partial charge in [0.25, 0.3) is 0 Å². The van der Waals surface area contributed by atoms with Crippen molar-refractivity contribution in [3.05, 3.63) is 29.6 Å². The zero-order valence-electron chi connectivity index (χ0n) is 8.77. The molecule has 0 saturated heterocycles. The number of aromatic nitrogens is 1. The average Bonchev–Trinajstić information content (AvgIpc) is 2.14. The predicted octanol–water partition coefficient (Wildman–Crippen LogP) is -0.0610. The molecule has 1 atom stereocenters. The van der Waals surface area contributed by atoms with Gasteiger partial charge in [-0.3, -0.25) is 16.3 Å². The molecule has 0 spiro atoms. The Morgan fingerprint density at radius 3 is 2.73 bits per heavy atom. The van der Waals surface area contributed by atoms with Crippen LogP contribution in [0.1, 0.15) is 17.2 Å². The number of nitrogens with zero attached hydrogens (tertiary/aromatic N) is 1. The van der Waals surface area contributed by atoms with Crippen LogP contribution in [0, 0.1) is 6.92 Å². The summed E-state index contributed by atoms with van der Waals surface area (Å²) in [4.78, 5) is 3.95. The topological polar surface area (TPSA) is 85.1 Å². The van der Waals surface area contributed by atoms with Gasteiger partial charge >= 0.3 is 0 Å². The minimum atomic E-state index is -3.07. The summed E-state index contributed by atoms with van der Waals surface area (Å²) in [6, 6.07) is 1.41. The van der Waals surface area contributed by atoms with Crippen LogP contribution in [-0.2, 0) is 9.84 Å². The van der Waals surface area contributed by atoms with Crippen molar-refractivity contribution in [2.24, 2.45) is 5.84 Å². The average molecular weight is 229 g/mol. The highest BCUT2D eigenvalue weighted by molar-refractivity contribution is 7.90. The van der Waals surface area contributed by atoms with E-state index >= 15 is 0 Å².